The van der Waals surface area contributed by atoms with Gasteiger partial charge < -0.3 is 9.84 Å². The molecule has 2 rings (SSSR count). The van der Waals surface area contributed by atoms with E-state index in [1.807, 2.05) is 0 Å². The highest BCUT2D eigenvalue weighted by Crippen LogP contribution is 2.20. The normalized spacial score (nSPS) is 23.9. The van der Waals surface area contributed by atoms with Gasteiger partial charge in [-0.1, -0.05) is 12.2 Å². The van der Waals surface area contributed by atoms with Crippen molar-refractivity contribution in [2.45, 2.75) is 0 Å². The molecule has 1 aliphatic heterocycles. The van der Waals surface area contributed by atoms with Crippen molar-refractivity contribution in [2.24, 2.45) is 10.9 Å². The largest absolute Gasteiger partial charge is 0.478 e. The van der Waals surface area contributed by atoms with Gasteiger partial charge in [0.15, 0.2) is 0 Å². The van der Waals surface area contributed by atoms with E-state index in [1.54, 1.807) is 0 Å². The van der Waals surface area contributed by atoms with Crippen LogP contribution in [0, 0.1) is 5.92 Å². The molecule has 15 heavy (non-hydrogen) atoms. The van der Waals surface area contributed by atoms with Crippen LogP contribution in [-0.4, -0.2) is 28.9 Å². The Morgan fingerprint density at radius 1 is 1.47 bits per heavy atom. The van der Waals surface area contributed by atoms with Gasteiger partial charge in [0.1, 0.15) is 5.92 Å². The molecule has 0 saturated heterocycles. The first-order valence-electron chi connectivity index (χ1n) is 4.05. The zero-order chi connectivity index (χ0) is 11.0. The van der Waals surface area contributed by atoms with E-state index >= 15 is 0 Å². The fourth-order valence-corrected chi connectivity index (χ4v) is 1.31. The molecule has 0 aromatic carbocycles. The molecule has 1 atom stereocenters. The first-order valence-corrected chi connectivity index (χ1v) is 4.05. The third kappa shape index (κ3) is 1.56. The van der Waals surface area contributed by atoms with Crippen LogP contribution in [-0.2, 0) is 14.3 Å². The zero-order valence-corrected chi connectivity index (χ0v) is 7.34. The molecule has 76 valence electrons. The second-order valence-corrected chi connectivity index (χ2v) is 2.97. The maximum absolute atomic E-state index is 11.2. The average molecular weight is 207 g/mol. The van der Waals surface area contributed by atoms with Crippen molar-refractivity contribution in [3.05, 3.63) is 23.8 Å². The summed E-state index contributed by atoms with van der Waals surface area (Å²) in [6.45, 7) is 0. The van der Waals surface area contributed by atoms with Gasteiger partial charge in [-0.2, -0.15) is 4.99 Å². The molecule has 0 aromatic heterocycles. The Morgan fingerprint density at radius 2 is 2.20 bits per heavy atom. The van der Waals surface area contributed by atoms with E-state index < -0.39 is 23.9 Å². The number of hydrogen-bond acceptors (Lipinski definition) is 4. The summed E-state index contributed by atoms with van der Waals surface area (Å²) in [6.07, 6.45) is 2.80. The minimum Gasteiger partial charge on any atom is -0.478 e. The fraction of sp³-hybridized carbons (Fsp3) is 0.111. The molecular weight excluding hydrogens is 202 g/mol. The van der Waals surface area contributed by atoms with Gasteiger partial charge in [0.2, 0.25) is 0 Å². The molecule has 1 aliphatic carbocycles. The fourth-order valence-electron chi connectivity index (χ4n) is 1.31. The third-order valence-corrected chi connectivity index (χ3v) is 2.00. The lowest BCUT2D eigenvalue weighted by Gasteiger charge is -2.18. The van der Waals surface area contributed by atoms with E-state index in [4.69, 9.17) is 5.11 Å². The first kappa shape index (κ1) is 9.32. The Morgan fingerprint density at radius 3 is 2.87 bits per heavy atom. The lowest BCUT2D eigenvalue weighted by molar-refractivity contribution is -0.138. The van der Waals surface area contributed by atoms with Crippen molar-refractivity contribution in [3.8, 4) is 0 Å². The van der Waals surface area contributed by atoms with Crippen LogP contribution in [0.4, 0.5) is 4.79 Å². The number of cyclic esters (lactones) is 2. The summed E-state index contributed by atoms with van der Waals surface area (Å²) < 4.78 is 4.26. The molecule has 6 nitrogen and oxygen atoms in total. The van der Waals surface area contributed by atoms with Gasteiger partial charge in [-0.15, -0.1) is 0 Å². The maximum Gasteiger partial charge on any atom is 0.441 e. The predicted octanol–water partition coefficient (Wildman–Crippen LogP) is 0.301. The molecule has 0 spiro atoms. The van der Waals surface area contributed by atoms with Gasteiger partial charge in [0.25, 0.3) is 0 Å². The number of ether oxygens (including phenoxy) is 1. The van der Waals surface area contributed by atoms with Crippen LogP contribution >= 0.6 is 0 Å². The smallest absolute Gasteiger partial charge is 0.441 e. The maximum atomic E-state index is 11.2. The van der Waals surface area contributed by atoms with Gasteiger partial charge in [0, 0.05) is 0 Å². The molecular formula is C9H5NO5. The van der Waals surface area contributed by atoms with E-state index in [1.165, 1.54) is 18.2 Å². The monoisotopic (exact) mass is 207 g/mol. The number of hydrogen-bond donors (Lipinski definition) is 1. The summed E-state index contributed by atoms with van der Waals surface area (Å²) in [4.78, 5) is 36.0. The Balaban J connectivity index is 2.43. The Hall–Kier alpha value is -2.24. The number of amides is 1. The number of rotatable bonds is 1. The number of carbonyl (C=O) groups excluding carboxylic acids is 2. The number of aliphatic carboxylic acids is 1. The number of esters is 1. The molecule has 1 unspecified atom stereocenters. The number of carbonyl (C=O) groups is 3. The lowest BCUT2D eigenvalue weighted by Crippen LogP contribution is -2.32. The van der Waals surface area contributed by atoms with Crippen LogP contribution in [0.1, 0.15) is 0 Å². The molecule has 0 radical (unpaired) electrons. The van der Waals surface area contributed by atoms with Gasteiger partial charge in [-0.05, 0) is 6.08 Å². The topological polar surface area (TPSA) is 93.0 Å². The Bertz CT molecular complexity index is 457. The Kier molecular flexibility index (Phi) is 1.96. The summed E-state index contributed by atoms with van der Waals surface area (Å²) in [6, 6.07) is 0. The number of carboxylic acid groups (broad SMARTS) is 1. The molecule has 0 aromatic rings. The van der Waals surface area contributed by atoms with Crippen LogP contribution in [0.2, 0.25) is 0 Å². The number of carboxylic acids is 1. The number of nitrogens with zero attached hydrogens (tertiary/aromatic N) is 1. The van der Waals surface area contributed by atoms with E-state index in [0.29, 0.717) is 0 Å². The zero-order valence-electron chi connectivity index (χ0n) is 7.34. The van der Waals surface area contributed by atoms with Crippen molar-refractivity contribution in [1.29, 1.82) is 0 Å². The second kappa shape index (κ2) is 3.16. The van der Waals surface area contributed by atoms with Crippen LogP contribution in [0.15, 0.2) is 28.8 Å². The van der Waals surface area contributed by atoms with Crippen molar-refractivity contribution >= 4 is 23.7 Å². The number of aliphatic imine (C=N–C) groups is 1. The molecule has 0 bridgehead atoms. The molecule has 1 amide bonds. The van der Waals surface area contributed by atoms with Crippen molar-refractivity contribution < 1.29 is 24.2 Å². The summed E-state index contributed by atoms with van der Waals surface area (Å²) in [7, 11) is 0. The number of allylic oxidation sites excluding steroid dienone is 1. The molecule has 1 N–H and O–H groups in total. The second-order valence-electron chi connectivity index (χ2n) is 2.97. The van der Waals surface area contributed by atoms with E-state index in [0.717, 1.165) is 0 Å². The average Bonchev–Trinajstić information content (AvgIpc) is 2.16. The Labute approximate surface area is 83.6 Å². The van der Waals surface area contributed by atoms with Crippen molar-refractivity contribution in [3.63, 3.8) is 0 Å². The summed E-state index contributed by atoms with van der Waals surface area (Å²) in [5, 5.41) is 8.68. The number of fused-ring (bicyclic) bond motifs is 1. The summed E-state index contributed by atoms with van der Waals surface area (Å²) in [5.74, 6) is -2.65. The van der Waals surface area contributed by atoms with Crippen LogP contribution in [0.25, 0.3) is 0 Å². The first-order chi connectivity index (χ1) is 7.08. The predicted molar refractivity (Wildman–Crippen MR) is 47.3 cm³/mol. The molecule has 0 saturated carbocycles. The third-order valence-electron chi connectivity index (χ3n) is 2.00. The quantitative estimate of drug-likeness (QED) is 0.493. The lowest BCUT2D eigenvalue weighted by atomic mass is 9.94. The molecule has 0 fully saturated rings. The molecule has 2 aliphatic rings. The van der Waals surface area contributed by atoms with Crippen LogP contribution < -0.4 is 0 Å². The highest BCUT2D eigenvalue weighted by molar-refractivity contribution is 6.20. The standard InChI is InChI=1S/C9H5NO5/c11-7(12)4-1-2-5-6(3-4)10-9(14)15-8(5)13/h1-3,5H,(H,11,12). The highest BCUT2D eigenvalue weighted by atomic mass is 16.6. The van der Waals surface area contributed by atoms with E-state index in [-0.39, 0.29) is 11.3 Å². The van der Waals surface area contributed by atoms with Gasteiger partial charge in [-0.25, -0.2) is 9.59 Å². The van der Waals surface area contributed by atoms with Gasteiger partial charge in [0.05, 0.1) is 11.3 Å². The molecule has 1 heterocycles. The minimum absolute atomic E-state index is 0.0208. The van der Waals surface area contributed by atoms with E-state index in [9.17, 15) is 14.4 Å². The summed E-state index contributed by atoms with van der Waals surface area (Å²) in [5.41, 5.74) is 0.0867. The van der Waals surface area contributed by atoms with E-state index in [2.05, 4.69) is 9.73 Å². The highest BCUT2D eigenvalue weighted by Gasteiger charge is 2.32. The van der Waals surface area contributed by atoms with Crippen molar-refractivity contribution in [2.75, 3.05) is 0 Å². The molecule has 6 heteroatoms. The van der Waals surface area contributed by atoms with Crippen molar-refractivity contribution in [1.82, 2.24) is 0 Å². The van der Waals surface area contributed by atoms with Gasteiger partial charge >= 0.3 is 18.0 Å². The van der Waals surface area contributed by atoms with Crippen LogP contribution in [0.3, 0.4) is 0 Å². The van der Waals surface area contributed by atoms with Gasteiger partial charge in [-0.3, -0.25) is 4.79 Å². The minimum atomic E-state index is -1.14. The SMILES string of the molecule is O=C1N=C2C=C(C(=O)O)C=CC2C(=O)O1. The van der Waals surface area contributed by atoms with Crippen LogP contribution in [0.5, 0.6) is 0 Å². The summed E-state index contributed by atoms with van der Waals surface area (Å²) >= 11 is 0.